The molecule has 0 aliphatic heterocycles. The molecule has 0 unspecified atom stereocenters. The van der Waals surface area contributed by atoms with Crippen molar-refractivity contribution in [3.8, 4) is 0 Å². The Hall–Kier alpha value is 0.430. The highest BCUT2D eigenvalue weighted by atomic mass is 31.2. The van der Waals surface area contributed by atoms with Gasteiger partial charge < -0.3 is 0 Å². The van der Waals surface area contributed by atoms with Crippen molar-refractivity contribution in [1.82, 2.24) is 0 Å². The van der Waals surface area contributed by atoms with Gasteiger partial charge in [0.25, 0.3) is 0 Å². The van der Waals surface area contributed by atoms with Gasteiger partial charge in [0, 0.05) is 7.26 Å². The molecule has 0 heterocycles. The average molecular weight is 400 g/mol. The fraction of sp³-hybridized carbons (Fsp3) is 1.00. The molecule has 0 spiro atoms. The Bertz CT molecular complexity index is 267. The predicted molar refractivity (Wildman–Crippen MR) is 132 cm³/mol. The molecule has 0 rings (SSSR count). The minimum atomic E-state index is -0.597. The van der Waals surface area contributed by atoms with Crippen LogP contribution in [0.3, 0.4) is 0 Å². The topological polar surface area (TPSA) is 0 Å². The second-order valence-corrected chi connectivity index (χ2v) is 13.7. The van der Waals surface area contributed by atoms with Gasteiger partial charge in [-0.1, -0.05) is 111 Å². The Morgan fingerprint density at radius 1 is 0.296 bits per heavy atom. The summed E-state index contributed by atoms with van der Waals surface area (Å²) in [6.45, 7) is 9.52. The van der Waals surface area contributed by atoms with Crippen molar-refractivity contribution >= 4 is 7.26 Å². The maximum absolute atomic E-state index is 2.42. The zero-order valence-corrected chi connectivity index (χ0v) is 20.9. The summed E-state index contributed by atoms with van der Waals surface area (Å²) in [7, 11) is -0.597. The molecule has 1 heteroatoms. The maximum atomic E-state index is 2.42. The Kier molecular flexibility index (Phi) is 21.5. The first-order valence-corrected chi connectivity index (χ1v) is 15.6. The summed E-state index contributed by atoms with van der Waals surface area (Å²) in [4.78, 5) is 0. The molecule has 0 aromatic carbocycles. The SMILES string of the molecule is CCCCCCCCCCCCCCCC[P+](CCC)(CCC)CCCC. The van der Waals surface area contributed by atoms with Crippen LogP contribution in [0, 0.1) is 0 Å². The van der Waals surface area contributed by atoms with Crippen LogP contribution in [0.4, 0.5) is 0 Å². The highest BCUT2D eigenvalue weighted by molar-refractivity contribution is 7.75. The quantitative estimate of drug-likeness (QED) is 0.125. The normalized spacial score (nSPS) is 12.0. The molecule has 0 aromatic rings. The van der Waals surface area contributed by atoms with Gasteiger partial charge in [0.1, 0.15) is 0 Å². The average Bonchev–Trinajstić information content (AvgIpc) is 2.67. The molecule has 0 fully saturated rings. The summed E-state index contributed by atoms with van der Waals surface area (Å²) in [6.07, 6.45) is 32.9. The fourth-order valence-corrected chi connectivity index (χ4v) is 9.88. The lowest BCUT2D eigenvalue weighted by Crippen LogP contribution is -2.12. The maximum Gasteiger partial charge on any atom is 0.0594 e. The lowest BCUT2D eigenvalue weighted by molar-refractivity contribution is 0.538. The molecule has 0 nitrogen and oxygen atoms in total. The molecular formula is C26H56P+. The largest absolute Gasteiger partial charge is 0.0654 e. The molecule has 0 aliphatic rings. The van der Waals surface area contributed by atoms with Crippen molar-refractivity contribution in [2.45, 2.75) is 143 Å². The van der Waals surface area contributed by atoms with Crippen LogP contribution < -0.4 is 0 Å². The van der Waals surface area contributed by atoms with Crippen LogP contribution in [-0.2, 0) is 0 Å². The van der Waals surface area contributed by atoms with Crippen LogP contribution in [0.1, 0.15) is 143 Å². The van der Waals surface area contributed by atoms with Crippen LogP contribution in [0.2, 0.25) is 0 Å². The predicted octanol–water partition coefficient (Wildman–Crippen LogP) is 10.1. The molecule has 0 radical (unpaired) electrons. The molecule has 0 bridgehead atoms. The first kappa shape index (κ1) is 27.4. The third kappa shape index (κ3) is 17.0. The van der Waals surface area contributed by atoms with Gasteiger partial charge in [0.2, 0.25) is 0 Å². The van der Waals surface area contributed by atoms with Crippen molar-refractivity contribution in [2.75, 3.05) is 24.6 Å². The fourth-order valence-electron chi connectivity index (χ4n) is 4.75. The minimum absolute atomic E-state index is 0.597. The van der Waals surface area contributed by atoms with E-state index in [4.69, 9.17) is 0 Å². The zero-order chi connectivity index (χ0) is 20.1. The lowest BCUT2D eigenvalue weighted by atomic mass is 10.0. The van der Waals surface area contributed by atoms with Gasteiger partial charge in [0.05, 0.1) is 24.6 Å². The van der Waals surface area contributed by atoms with Crippen molar-refractivity contribution in [3.05, 3.63) is 0 Å². The molecule has 0 atom stereocenters. The van der Waals surface area contributed by atoms with Gasteiger partial charge in [0.15, 0.2) is 0 Å². The van der Waals surface area contributed by atoms with E-state index in [1.807, 2.05) is 0 Å². The monoisotopic (exact) mass is 399 g/mol. The van der Waals surface area contributed by atoms with Gasteiger partial charge in [-0.05, 0) is 32.1 Å². The van der Waals surface area contributed by atoms with Crippen LogP contribution in [0.15, 0.2) is 0 Å². The second kappa shape index (κ2) is 21.1. The number of hydrogen-bond donors (Lipinski definition) is 0. The zero-order valence-electron chi connectivity index (χ0n) is 20.0. The number of rotatable bonds is 22. The second-order valence-electron chi connectivity index (χ2n) is 9.19. The van der Waals surface area contributed by atoms with E-state index < -0.39 is 7.26 Å². The van der Waals surface area contributed by atoms with Crippen LogP contribution >= 0.6 is 7.26 Å². The molecule has 164 valence electrons. The summed E-state index contributed by atoms with van der Waals surface area (Å²) >= 11 is 0. The first-order valence-electron chi connectivity index (χ1n) is 13.1. The van der Waals surface area contributed by atoms with E-state index in [1.54, 1.807) is 24.6 Å². The lowest BCUT2D eigenvalue weighted by Gasteiger charge is -2.27. The Morgan fingerprint density at radius 2 is 0.630 bits per heavy atom. The third-order valence-electron chi connectivity index (χ3n) is 6.37. The van der Waals surface area contributed by atoms with Gasteiger partial charge in [-0.3, -0.25) is 0 Å². The van der Waals surface area contributed by atoms with E-state index in [0.29, 0.717) is 0 Å². The van der Waals surface area contributed by atoms with E-state index in [2.05, 4.69) is 27.7 Å². The molecule has 0 amide bonds. The summed E-state index contributed by atoms with van der Waals surface area (Å²) in [5, 5.41) is 0. The summed E-state index contributed by atoms with van der Waals surface area (Å²) in [5.74, 6) is 0. The Labute approximate surface area is 175 Å². The molecule has 0 N–H and O–H groups in total. The summed E-state index contributed by atoms with van der Waals surface area (Å²) in [5.41, 5.74) is 0. The van der Waals surface area contributed by atoms with E-state index in [-0.39, 0.29) is 0 Å². The van der Waals surface area contributed by atoms with E-state index in [0.717, 1.165) is 0 Å². The Balaban J connectivity index is 3.61. The van der Waals surface area contributed by atoms with Gasteiger partial charge in [-0.2, -0.15) is 0 Å². The number of hydrogen-bond acceptors (Lipinski definition) is 0. The van der Waals surface area contributed by atoms with Crippen LogP contribution in [-0.4, -0.2) is 24.6 Å². The van der Waals surface area contributed by atoms with Gasteiger partial charge >= 0.3 is 0 Å². The molecule has 27 heavy (non-hydrogen) atoms. The molecule has 0 saturated carbocycles. The highest BCUT2D eigenvalue weighted by Gasteiger charge is 2.33. The number of unbranched alkanes of at least 4 members (excludes halogenated alkanes) is 14. The Morgan fingerprint density at radius 3 is 1.00 bits per heavy atom. The first-order chi connectivity index (χ1) is 13.2. The highest BCUT2D eigenvalue weighted by Crippen LogP contribution is 2.60. The van der Waals surface area contributed by atoms with Crippen molar-refractivity contribution in [2.24, 2.45) is 0 Å². The minimum Gasteiger partial charge on any atom is -0.0654 e. The van der Waals surface area contributed by atoms with Crippen molar-refractivity contribution in [1.29, 1.82) is 0 Å². The van der Waals surface area contributed by atoms with Crippen LogP contribution in [0.5, 0.6) is 0 Å². The molecular weight excluding hydrogens is 343 g/mol. The van der Waals surface area contributed by atoms with E-state index in [1.165, 1.54) is 116 Å². The van der Waals surface area contributed by atoms with E-state index >= 15 is 0 Å². The smallest absolute Gasteiger partial charge is 0.0594 e. The standard InChI is InChI=1S/C26H56P/c1-5-9-11-12-13-14-15-16-17-18-19-20-21-22-26-27(23-7-3,24-8-4)25-10-6-2/h5-26H2,1-4H3/q+1. The summed E-state index contributed by atoms with van der Waals surface area (Å²) < 4.78 is 0. The third-order valence-corrected chi connectivity index (χ3v) is 11.7. The molecule has 0 aromatic heterocycles. The van der Waals surface area contributed by atoms with Crippen LogP contribution in [0.25, 0.3) is 0 Å². The van der Waals surface area contributed by atoms with Crippen molar-refractivity contribution < 1.29 is 0 Å². The summed E-state index contributed by atoms with van der Waals surface area (Å²) in [6, 6.07) is 0. The molecule has 0 aliphatic carbocycles. The molecule has 0 saturated heterocycles. The van der Waals surface area contributed by atoms with E-state index in [9.17, 15) is 0 Å². The van der Waals surface area contributed by atoms with Gasteiger partial charge in [-0.25, -0.2) is 0 Å². The van der Waals surface area contributed by atoms with Crippen molar-refractivity contribution in [3.63, 3.8) is 0 Å². The van der Waals surface area contributed by atoms with Gasteiger partial charge in [-0.15, -0.1) is 0 Å².